The smallest absolute Gasteiger partial charge is 0.315 e. The Morgan fingerprint density at radius 3 is 2.59 bits per heavy atom. The Bertz CT molecular complexity index is 970. The summed E-state index contributed by atoms with van der Waals surface area (Å²) in [7, 11) is -3.81. The first-order chi connectivity index (χ1) is 12.9. The van der Waals surface area contributed by atoms with E-state index in [1.54, 1.807) is 12.1 Å². The number of aryl methyl sites for hydroxylation is 1. The number of sulfonamides is 1. The summed E-state index contributed by atoms with van der Waals surface area (Å²) in [6.45, 7) is 0. The Labute approximate surface area is 159 Å². The SMILES string of the molecule is NS(=O)(=O)c1cccc(NC(=O)N(C2CC2)C2CCCc3ccccc32)c1. The van der Waals surface area contributed by atoms with E-state index in [2.05, 4.69) is 17.4 Å². The molecule has 1 atom stereocenters. The summed E-state index contributed by atoms with van der Waals surface area (Å²) in [5.41, 5.74) is 2.97. The number of urea groups is 1. The van der Waals surface area contributed by atoms with Crippen molar-refractivity contribution in [2.75, 3.05) is 5.32 Å². The highest BCUT2D eigenvalue weighted by molar-refractivity contribution is 7.89. The van der Waals surface area contributed by atoms with Crippen molar-refractivity contribution < 1.29 is 13.2 Å². The fraction of sp³-hybridized carbons (Fsp3) is 0.350. The topological polar surface area (TPSA) is 92.5 Å². The van der Waals surface area contributed by atoms with E-state index >= 15 is 0 Å². The highest BCUT2D eigenvalue weighted by atomic mass is 32.2. The summed E-state index contributed by atoms with van der Waals surface area (Å²) < 4.78 is 23.1. The minimum atomic E-state index is -3.81. The molecule has 0 radical (unpaired) electrons. The van der Waals surface area contributed by atoms with Crippen LogP contribution in [-0.4, -0.2) is 25.4 Å². The number of primary sulfonamides is 1. The van der Waals surface area contributed by atoms with Crippen molar-refractivity contribution in [3.8, 4) is 0 Å². The Morgan fingerprint density at radius 2 is 1.85 bits per heavy atom. The molecule has 0 heterocycles. The third-order valence-electron chi connectivity index (χ3n) is 5.26. The van der Waals surface area contributed by atoms with Crippen LogP contribution in [0.1, 0.15) is 42.9 Å². The Balaban J connectivity index is 1.60. The predicted octanol–water partition coefficient (Wildman–Crippen LogP) is 3.41. The lowest BCUT2D eigenvalue weighted by molar-refractivity contribution is 0.175. The van der Waals surface area contributed by atoms with E-state index in [1.807, 2.05) is 17.0 Å². The van der Waals surface area contributed by atoms with Crippen molar-refractivity contribution in [2.24, 2.45) is 5.14 Å². The molecule has 2 aliphatic rings. The molecular formula is C20H23N3O3S. The largest absolute Gasteiger partial charge is 0.322 e. The quantitative estimate of drug-likeness (QED) is 0.845. The standard InChI is InChI=1S/C20H23N3O3S/c21-27(25,26)17-8-4-7-15(13-17)22-20(24)23(16-11-12-16)19-10-3-6-14-5-1-2-9-18(14)19/h1-2,4-5,7-9,13,16,19H,3,6,10-12H2,(H,22,24)(H2,21,25,26). The molecule has 1 fully saturated rings. The number of carbonyl (C=O) groups is 1. The molecule has 0 aliphatic heterocycles. The minimum absolute atomic E-state index is 0.0127. The van der Waals surface area contributed by atoms with Crippen molar-refractivity contribution in [3.63, 3.8) is 0 Å². The van der Waals surface area contributed by atoms with E-state index in [0.29, 0.717) is 5.69 Å². The Kier molecular flexibility index (Phi) is 4.65. The zero-order valence-electron chi connectivity index (χ0n) is 15.0. The molecule has 2 aliphatic carbocycles. The van der Waals surface area contributed by atoms with Gasteiger partial charge in [0.1, 0.15) is 0 Å². The molecule has 1 saturated carbocycles. The number of hydrogen-bond donors (Lipinski definition) is 2. The zero-order chi connectivity index (χ0) is 19.0. The molecule has 0 aromatic heterocycles. The summed E-state index contributed by atoms with van der Waals surface area (Å²) in [6, 6.07) is 14.5. The number of benzene rings is 2. The average molecular weight is 385 g/mol. The van der Waals surface area contributed by atoms with Gasteiger partial charge in [-0.1, -0.05) is 30.3 Å². The molecule has 0 bridgehead atoms. The van der Waals surface area contributed by atoms with Crippen LogP contribution in [0.2, 0.25) is 0 Å². The third-order valence-corrected chi connectivity index (χ3v) is 6.17. The van der Waals surface area contributed by atoms with Gasteiger partial charge >= 0.3 is 6.03 Å². The normalized spacial score (nSPS) is 19.2. The lowest BCUT2D eigenvalue weighted by atomic mass is 9.87. The summed E-state index contributed by atoms with van der Waals surface area (Å²) in [5, 5.41) is 8.06. The van der Waals surface area contributed by atoms with Crippen molar-refractivity contribution in [3.05, 3.63) is 59.7 Å². The number of anilines is 1. The summed E-state index contributed by atoms with van der Waals surface area (Å²) >= 11 is 0. The highest BCUT2D eigenvalue weighted by Crippen LogP contribution is 2.41. The first kappa shape index (κ1) is 18.0. The molecule has 0 spiro atoms. The van der Waals surface area contributed by atoms with Gasteiger partial charge in [0.2, 0.25) is 10.0 Å². The molecule has 4 rings (SSSR count). The van der Waals surface area contributed by atoms with Gasteiger partial charge in [-0.3, -0.25) is 0 Å². The van der Waals surface area contributed by atoms with Crippen LogP contribution in [0.5, 0.6) is 0 Å². The number of rotatable bonds is 4. The predicted molar refractivity (Wildman–Crippen MR) is 104 cm³/mol. The number of nitrogens with one attached hydrogen (secondary N) is 1. The van der Waals surface area contributed by atoms with Crippen LogP contribution < -0.4 is 10.5 Å². The molecule has 2 amide bonds. The molecule has 142 valence electrons. The van der Waals surface area contributed by atoms with Crippen LogP contribution in [-0.2, 0) is 16.4 Å². The second-order valence-electron chi connectivity index (χ2n) is 7.25. The number of carbonyl (C=O) groups excluding carboxylic acids is 1. The van der Waals surface area contributed by atoms with E-state index in [9.17, 15) is 13.2 Å². The minimum Gasteiger partial charge on any atom is -0.315 e. The van der Waals surface area contributed by atoms with Crippen LogP contribution in [0.25, 0.3) is 0 Å². The summed E-state index contributed by atoms with van der Waals surface area (Å²) in [4.78, 5) is 15.0. The number of hydrogen-bond acceptors (Lipinski definition) is 3. The fourth-order valence-corrected chi connectivity index (χ4v) is 4.43. The fourth-order valence-electron chi connectivity index (χ4n) is 3.87. The lowest BCUT2D eigenvalue weighted by Crippen LogP contribution is -2.41. The van der Waals surface area contributed by atoms with E-state index in [1.165, 1.54) is 23.3 Å². The molecule has 27 heavy (non-hydrogen) atoms. The first-order valence-corrected chi connectivity index (χ1v) is 10.8. The van der Waals surface area contributed by atoms with Gasteiger partial charge in [-0.05, 0) is 61.4 Å². The lowest BCUT2D eigenvalue weighted by Gasteiger charge is -2.36. The van der Waals surface area contributed by atoms with Crippen molar-refractivity contribution in [1.82, 2.24) is 4.90 Å². The molecule has 3 N–H and O–H groups in total. The van der Waals surface area contributed by atoms with Gasteiger partial charge in [0.05, 0.1) is 10.9 Å². The third kappa shape index (κ3) is 3.84. The van der Waals surface area contributed by atoms with Crippen LogP contribution in [0, 0.1) is 0 Å². The monoisotopic (exact) mass is 385 g/mol. The first-order valence-electron chi connectivity index (χ1n) is 9.23. The van der Waals surface area contributed by atoms with Gasteiger partial charge in [0, 0.05) is 11.7 Å². The Hall–Kier alpha value is -2.38. The van der Waals surface area contributed by atoms with Gasteiger partial charge < -0.3 is 10.2 Å². The van der Waals surface area contributed by atoms with Gasteiger partial charge in [0.25, 0.3) is 0 Å². The van der Waals surface area contributed by atoms with Gasteiger partial charge in [-0.25, -0.2) is 18.4 Å². The molecular weight excluding hydrogens is 362 g/mol. The number of amides is 2. The molecule has 1 unspecified atom stereocenters. The summed E-state index contributed by atoms with van der Waals surface area (Å²) in [6.07, 6.45) is 5.05. The van der Waals surface area contributed by atoms with Crippen LogP contribution in [0.3, 0.4) is 0 Å². The molecule has 7 heteroatoms. The molecule has 2 aromatic carbocycles. The second-order valence-corrected chi connectivity index (χ2v) is 8.81. The van der Waals surface area contributed by atoms with E-state index in [-0.39, 0.29) is 23.0 Å². The van der Waals surface area contributed by atoms with Crippen LogP contribution in [0.15, 0.2) is 53.4 Å². The summed E-state index contributed by atoms with van der Waals surface area (Å²) in [5.74, 6) is 0. The van der Waals surface area contributed by atoms with Gasteiger partial charge in [-0.15, -0.1) is 0 Å². The van der Waals surface area contributed by atoms with Gasteiger partial charge in [-0.2, -0.15) is 0 Å². The second kappa shape index (κ2) is 6.98. The van der Waals surface area contributed by atoms with Crippen LogP contribution >= 0.6 is 0 Å². The van der Waals surface area contributed by atoms with E-state index in [4.69, 9.17) is 5.14 Å². The average Bonchev–Trinajstić information content (AvgIpc) is 3.47. The van der Waals surface area contributed by atoms with Crippen molar-refractivity contribution >= 4 is 21.7 Å². The maximum absolute atomic E-state index is 13.1. The Morgan fingerprint density at radius 1 is 1.07 bits per heavy atom. The van der Waals surface area contributed by atoms with E-state index in [0.717, 1.165) is 32.1 Å². The molecule has 2 aromatic rings. The van der Waals surface area contributed by atoms with Crippen LogP contribution in [0.4, 0.5) is 10.5 Å². The van der Waals surface area contributed by atoms with Gasteiger partial charge in [0.15, 0.2) is 0 Å². The van der Waals surface area contributed by atoms with Crippen molar-refractivity contribution in [2.45, 2.75) is 49.1 Å². The molecule has 6 nitrogen and oxygen atoms in total. The highest BCUT2D eigenvalue weighted by Gasteiger charge is 2.39. The maximum Gasteiger partial charge on any atom is 0.322 e. The number of nitrogens with two attached hydrogens (primary N) is 1. The van der Waals surface area contributed by atoms with Crippen molar-refractivity contribution in [1.29, 1.82) is 0 Å². The van der Waals surface area contributed by atoms with E-state index < -0.39 is 10.0 Å². The number of nitrogens with zero attached hydrogens (tertiary/aromatic N) is 1. The zero-order valence-corrected chi connectivity index (χ0v) is 15.8. The molecule has 0 saturated heterocycles. The maximum atomic E-state index is 13.1. The number of fused-ring (bicyclic) bond motifs is 1.